The highest BCUT2D eigenvalue weighted by molar-refractivity contribution is 7.92. The zero-order chi connectivity index (χ0) is 32.8. The fraction of sp³-hybridized carbons (Fsp3) is 0.429. The minimum Gasteiger partial charge on any atom is -0.444 e. The van der Waals surface area contributed by atoms with Crippen molar-refractivity contribution in [3.05, 3.63) is 53.7 Å². The zero-order valence-electron chi connectivity index (χ0n) is 24.7. The molecule has 0 saturated carbocycles. The molecule has 0 bridgehead atoms. The number of hydrogen-bond acceptors (Lipinski definition) is 9. The van der Waals surface area contributed by atoms with E-state index in [2.05, 4.69) is 20.3 Å². The van der Waals surface area contributed by atoms with Crippen LogP contribution in [0.2, 0.25) is 0 Å². The maximum atomic E-state index is 15.5. The summed E-state index contributed by atoms with van der Waals surface area (Å²) < 4.78 is 90.7. The summed E-state index contributed by atoms with van der Waals surface area (Å²) >= 11 is 0. The second-order valence-corrected chi connectivity index (χ2v) is 14.2. The number of aromatic nitrogens is 2. The Balaban J connectivity index is 1.83. The van der Waals surface area contributed by atoms with Crippen molar-refractivity contribution in [1.29, 1.82) is 4.78 Å². The average Bonchev–Trinajstić information content (AvgIpc) is 3.34. The molecule has 1 aliphatic rings. The van der Waals surface area contributed by atoms with Gasteiger partial charge in [-0.05, 0) is 50.6 Å². The molecule has 0 fully saturated rings. The molecule has 1 aromatic heterocycles. The zero-order valence-corrected chi connectivity index (χ0v) is 25.5. The Morgan fingerprint density at radius 2 is 1.75 bits per heavy atom. The Morgan fingerprint density at radius 1 is 1.11 bits per heavy atom. The van der Waals surface area contributed by atoms with E-state index in [1.165, 1.54) is 12.1 Å². The van der Waals surface area contributed by atoms with E-state index >= 15 is 4.39 Å². The van der Waals surface area contributed by atoms with Gasteiger partial charge >= 0.3 is 12.5 Å². The first-order valence-electron chi connectivity index (χ1n) is 13.2. The molecule has 44 heavy (non-hydrogen) atoms. The number of carbonyl (C=O) groups excluding carboxylic acids is 2. The molecule has 2 N–H and O–H groups in total. The lowest BCUT2D eigenvalue weighted by Crippen LogP contribution is -2.51. The summed E-state index contributed by atoms with van der Waals surface area (Å²) in [6.45, 7) is 9.85. The van der Waals surface area contributed by atoms with Crippen molar-refractivity contribution < 1.29 is 45.3 Å². The predicted octanol–water partition coefficient (Wildman–Crippen LogP) is 5.92. The molecule has 11 nitrogen and oxygen atoms in total. The van der Waals surface area contributed by atoms with Crippen LogP contribution in [0, 0.1) is 10.6 Å². The molecular weight excluding hydrogens is 610 g/mol. The number of amides is 2. The van der Waals surface area contributed by atoms with Crippen molar-refractivity contribution >= 4 is 27.4 Å². The Kier molecular flexibility index (Phi) is 8.45. The van der Waals surface area contributed by atoms with Gasteiger partial charge in [0.05, 0.1) is 38.2 Å². The summed E-state index contributed by atoms with van der Waals surface area (Å²) in [5, 5.41) is 10.2. The first-order valence-corrected chi connectivity index (χ1v) is 15.0. The third-order valence-electron chi connectivity index (χ3n) is 6.15. The van der Waals surface area contributed by atoms with Crippen LogP contribution in [0.4, 0.5) is 28.0 Å². The summed E-state index contributed by atoms with van der Waals surface area (Å²) in [7, 11) is -3.93. The summed E-state index contributed by atoms with van der Waals surface area (Å²) in [6.07, 6.45) is -5.93. The highest BCUT2D eigenvalue weighted by atomic mass is 32.2. The molecule has 0 radical (unpaired) electrons. The fourth-order valence-corrected chi connectivity index (χ4v) is 5.89. The van der Waals surface area contributed by atoms with E-state index in [1.807, 2.05) is 0 Å². The van der Waals surface area contributed by atoms with Crippen molar-refractivity contribution in [2.24, 2.45) is 0 Å². The van der Waals surface area contributed by atoms with E-state index in [0.29, 0.717) is 5.56 Å². The lowest BCUT2D eigenvalue weighted by Gasteiger charge is -2.27. The van der Waals surface area contributed by atoms with E-state index in [0.717, 1.165) is 29.2 Å². The molecule has 0 saturated heterocycles. The van der Waals surface area contributed by atoms with E-state index in [4.69, 9.17) is 13.9 Å². The molecule has 2 atom stereocenters. The number of nitrogens with zero attached hydrogens (tertiary/aromatic N) is 3. The van der Waals surface area contributed by atoms with Crippen LogP contribution in [0.25, 0.3) is 11.5 Å². The first kappa shape index (κ1) is 32.7. The van der Waals surface area contributed by atoms with Crippen molar-refractivity contribution in [2.45, 2.75) is 76.4 Å². The van der Waals surface area contributed by atoms with Gasteiger partial charge in [-0.3, -0.25) is 4.79 Å². The predicted molar refractivity (Wildman–Crippen MR) is 150 cm³/mol. The van der Waals surface area contributed by atoms with Gasteiger partial charge in [0.1, 0.15) is 23.2 Å². The number of alkyl carbamates (subject to hydrolysis) is 1. The fourth-order valence-electron chi connectivity index (χ4n) is 4.22. The largest absolute Gasteiger partial charge is 0.573 e. The van der Waals surface area contributed by atoms with Crippen LogP contribution in [-0.2, 0) is 31.2 Å². The molecule has 0 aliphatic carbocycles. The van der Waals surface area contributed by atoms with Gasteiger partial charge in [-0.2, -0.15) is 0 Å². The number of halogens is 4. The van der Waals surface area contributed by atoms with E-state index in [-0.39, 0.29) is 34.5 Å². The number of nitrogens with one attached hydrogen (secondary N) is 2. The van der Waals surface area contributed by atoms with E-state index in [9.17, 15) is 27.0 Å². The average molecular weight is 642 g/mol. The summed E-state index contributed by atoms with van der Waals surface area (Å²) in [5.41, 5.74) is -1.62. The van der Waals surface area contributed by atoms with Gasteiger partial charge in [0.15, 0.2) is 0 Å². The maximum absolute atomic E-state index is 15.5. The van der Waals surface area contributed by atoms with E-state index < -0.39 is 62.5 Å². The number of carbonyl (C=O) groups is 2. The Bertz CT molecular complexity index is 1680. The van der Waals surface area contributed by atoms with Gasteiger partial charge < -0.3 is 24.1 Å². The minimum atomic E-state index is -4.92. The van der Waals surface area contributed by atoms with Gasteiger partial charge in [-0.1, -0.05) is 32.9 Å². The van der Waals surface area contributed by atoms with E-state index in [1.54, 1.807) is 41.5 Å². The van der Waals surface area contributed by atoms with Crippen LogP contribution in [0.3, 0.4) is 0 Å². The van der Waals surface area contributed by atoms with Crippen molar-refractivity contribution in [3.63, 3.8) is 0 Å². The van der Waals surface area contributed by atoms with Crippen molar-refractivity contribution in [2.75, 3.05) is 10.7 Å². The first-order chi connectivity index (χ1) is 20.1. The van der Waals surface area contributed by atoms with Crippen molar-refractivity contribution in [3.8, 4) is 17.2 Å². The van der Waals surface area contributed by atoms with Crippen LogP contribution in [0.5, 0.6) is 5.75 Å². The molecule has 2 amide bonds. The number of hydrogen-bond donors (Lipinski definition) is 2. The highest BCUT2D eigenvalue weighted by Crippen LogP contribution is 2.38. The topological polar surface area (TPSA) is 148 Å². The monoisotopic (exact) mass is 641 g/mol. The molecule has 4 rings (SSSR count). The van der Waals surface area contributed by atoms with Crippen LogP contribution < -0.4 is 15.0 Å². The number of alkyl halides is 3. The molecule has 3 aromatic rings. The summed E-state index contributed by atoms with van der Waals surface area (Å²) in [6, 6.07) is 5.07. The number of benzene rings is 2. The van der Waals surface area contributed by atoms with Crippen molar-refractivity contribution in [1.82, 2.24) is 15.5 Å². The Labute approximate surface area is 250 Å². The lowest BCUT2D eigenvalue weighted by atomic mass is 9.97. The molecule has 16 heteroatoms. The summed E-state index contributed by atoms with van der Waals surface area (Å²) in [5.74, 6) is -3.03. The third kappa shape index (κ3) is 7.65. The molecule has 0 spiro atoms. The standard InChI is InChI=1S/C28H31F4N5O6S/c1-26(2,3)24-36-35-22(41-24)17-11-20-21(12-18(17)29)44(33,40)14-19(34-25(39)43-27(4,5)6)23(38)37(20)13-15-7-9-16(10-8-15)42-28(30,31)32/h7-12,19,33H,13-14H2,1-6H3,(H,34,39)/t19-,44?/m0/s1. The van der Waals surface area contributed by atoms with Gasteiger partial charge in [0, 0.05) is 5.41 Å². The number of ether oxygens (including phenoxy) is 2. The van der Waals surface area contributed by atoms with Crippen LogP contribution in [-0.4, -0.2) is 50.2 Å². The number of anilines is 1. The molecule has 2 aromatic carbocycles. The second kappa shape index (κ2) is 11.4. The third-order valence-corrected chi connectivity index (χ3v) is 7.99. The van der Waals surface area contributed by atoms with Crippen LogP contribution in [0.15, 0.2) is 45.7 Å². The second-order valence-electron chi connectivity index (χ2n) is 12.1. The molecular formula is C28H31F4N5O6S. The molecule has 238 valence electrons. The van der Waals surface area contributed by atoms with Crippen LogP contribution in [0.1, 0.15) is 53.0 Å². The van der Waals surface area contributed by atoms with Gasteiger partial charge in [0.2, 0.25) is 5.89 Å². The number of rotatable bonds is 5. The smallest absolute Gasteiger partial charge is 0.444 e. The Morgan fingerprint density at radius 3 is 2.30 bits per heavy atom. The molecule has 1 aliphatic heterocycles. The Hall–Kier alpha value is -4.21. The quantitative estimate of drug-likeness (QED) is 0.327. The number of fused-ring (bicyclic) bond motifs is 1. The molecule has 2 heterocycles. The normalized spacial score (nSPS) is 19.3. The minimum absolute atomic E-state index is 0.147. The molecule has 1 unspecified atom stereocenters. The van der Waals surface area contributed by atoms with Gasteiger partial charge in [0.25, 0.3) is 11.8 Å². The van der Waals surface area contributed by atoms with Gasteiger partial charge in [-0.25, -0.2) is 18.2 Å². The maximum Gasteiger partial charge on any atom is 0.573 e. The summed E-state index contributed by atoms with van der Waals surface area (Å²) in [4.78, 5) is 27.3. The van der Waals surface area contributed by atoms with Gasteiger partial charge in [-0.15, -0.1) is 23.4 Å². The highest BCUT2D eigenvalue weighted by Gasteiger charge is 2.39. The van der Waals surface area contributed by atoms with Crippen LogP contribution >= 0.6 is 0 Å². The lowest BCUT2D eigenvalue weighted by molar-refractivity contribution is -0.274. The SMILES string of the molecule is CC(C)(C)OC(=O)N[C@H]1CS(=N)(=O)c2cc(F)c(-c3nnc(C(C)(C)C)o3)cc2N(Cc2ccc(OC(F)(F)F)cc2)C1=O.